The molecular formula is C16H22F2O2. The van der Waals surface area contributed by atoms with Crippen molar-refractivity contribution in [1.29, 1.82) is 0 Å². The summed E-state index contributed by atoms with van der Waals surface area (Å²) in [6.07, 6.45) is 0.0259. The largest absolute Gasteiger partial charge is 0.392 e. The van der Waals surface area contributed by atoms with Crippen LogP contribution in [0.5, 0.6) is 0 Å². The maximum absolute atomic E-state index is 13.7. The van der Waals surface area contributed by atoms with Crippen molar-refractivity contribution in [2.45, 2.75) is 57.8 Å². The minimum Gasteiger partial charge on any atom is -0.392 e. The van der Waals surface area contributed by atoms with Gasteiger partial charge in [-0.05, 0) is 45.7 Å². The monoisotopic (exact) mass is 284 g/mol. The molecule has 0 aromatic heterocycles. The molecule has 1 N–H and O–H groups in total. The van der Waals surface area contributed by atoms with Crippen LogP contribution in [0.3, 0.4) is 0 Å². The van der Waals surface area contributed by atoms with Gasteiger partial charge >= 0.3 is 0 Å². The molecule has 0 bridgehead atoms. The average Bonchev–Trinajstić information content (AvgIpc) is 2.53. The molecule has 0 amide bonds. The number of hydrogen-bond donors (Lipinski definition) is 1. The third-order valence-electron chi connectivity index (χ3n) is 4.07. The third-order valence-corrected chi connectivity index (χ3v) is 4.07. The van der Waals surface area contributed by atoms with Crippen LogP contribution in [0.15, 0.2) is 18.2 Å². The summed E-state index contributed by atoms with van der Waals surface area (Å²) in [5.41, 5.74) is -0.583. The van der Waals surface area contributed by atoms with Crippen molar-refractivity contribution in [1.82, 2.24) is 0 Å². The zero-order valence-corrected chi connectivity index (χ0v) is 12.4. The van der Waals surface area contributed by atoms with Crippen molar-refractivity contribution in [3.63, 3.8) is 0 Å². The lowest BCUT2D eigenvalue weighted by molar-refractivity contribution is -0.0873. The Bertz CT molecular complexity index is 497. The Morgan fingerprint density at radius 2 is 1.95 bits per heavy atom. The van der Waals surface area contributed by atoms with Crippen molar-refractivity contribution in [3.05, 3.63) is 35.4 Å². The molecule has 0 spiro atoms. The Kier molecular flexibility index (Phi) is 3.91. The van der Waals surface area contributed by atoms with Gasteiger partial charge in [-0.15, -0.1) is 0 Å². The normalized spacial score (nSPS) is 25.6. The van der Waals surface area contributed by atoms with Crippen molar-refractivity contribution in [2.75, 3.05) is 0 Å². The zero-order chi connectivity index (χ0) is 15.1. The van der Waals surface area contributed by atoms with E-state index in [0.29, 0.717) is 6.42 Å². The maximum Gasteiger partial charge on any atom is 0.162 e. The smallest absolute Gasteiger partial charge is 0.162 e. The van der Waals surface area contributed by atoms with Crippen LogP contribution in [0.1, 0.15) is 39.7 Å². The molecule has 2 unspecified atom stereocenters. The Balaban J connectivity index is 2.16. The second kappa shape index (κ2) is 5.08. The molecule has 1 aliphatic rings. The van der Waals surface area contributed by atoms with E-state index in [9.17, 15) is 13.9 Å². The van der Waals surface area contributed by atoms with E-state index in [0.717, 1.165) is 6.07 Å². The molecule has 112 valence electrons. The number of halogens is 2. The second-order valence-corrected chi connectivity index (χ2v) is 6.76. The van der Waals surface area contributed by atoms with Crippen LogP contribution in [-0.2, 0) is 11.2 Å². The minimum absolute atomic E-state index is 0.0944. The van der Waals surface area contributed by atoms with Gasteiger partial charge in [-0.1, -0.05) is 12.1 Å². The highest BCUT2D eigenvalue weighted by Crippen LogP contribution is 2.44. The van der Waals surface area contributed by atoms with Crippen molar-refractivity contribution in [2.24, 2.45) is 5.92 Å². The van der Waals surface area contributed by atoms with Gasteiger partial charge in [0.05, 0.1) is 17.3 Å². The third kappa shape index (κ3) is 3.01. The summed E-state index contributed by atoms with van der Waals surface area (Å²) in [4.78, 5) is 0. The van der Waals surface area contributed by atoms with Crippen molar-refractivity contribution < 1.29 is 18.6 Å². The van der Waals surface area contributed by atoms with Crippen LogP contribution in [-0.4, -0.2) is 22.4 Å². The zero-order valence-electron chi connectivity index (χ0n) is 12.4. The minimum atomic E-state index is -0.878. The summed E-state index contributed by atoms with van der Waals surface area (Å²) >= 11 is 0. The SMILES string of the molecule is CC1(C)CC(C(O)Cc2cccc(F)c2F)C(C)(C)O1. The number of hydrogen-bond acceptors (Lipinski definition) is 2. The standard InChI is InChI=1S/C16H22F2O2/c1-15(2)9-11(16(3,4)20-15)13(19)8-10-6-5-7-12(17)14(10)18/h5-7,11,13,19H,8-9H2,1-4H3. The molecule has 2 nitrogen and oxygen atoms in total. The fourth-order valence-electron chi connectivity index (χ4n) is 3.28. The molecular weight excluding hydrogens is 262 g/mol. The Morgan fingerprint density at radius 3 is 2.50 bits per heavy atom. The summed E-state index contributed by atoms with van der Waals surface area (Å²) < 4.78 is 32.8. The lowest BCUT2D eigenvalue weighted by atomic mass is 9.81. The molecule has 1 fully saturated rings. The van der Waals surface area contributed by atoms with E-state index in [1.165, 1.54) is 12.1 Å². The predicted octanol–water partition coefficient (Wildman–Crippen LogP) is 3.46. The van der Waals surface area contributed by atoms with Crippen LogP contribution in [0.4, 0.5) is 8.78 Å². The fraction of sp³-hybridized carbons (Fsp3) is 0.625. The highest BCUT2D eigenvalue weighted by molar-refractivity contribution is 5.20. The van der Waals surface area contributed by atoms with Gasteiger partial charge in [-0.25, -0.2) is 8.78 Å². The molecule has 0 saturated carbocycles. The topological polar surface area (TPSA) is 29.5 Å². The van der Waals surface area contributed by atoms with Gasteiger partial charge in [-0.3, -0.25) is 0 Å². The van der Waals surface area contributed by atoms with Crippen molar-refractivity contribution in [3.8, 4) is 0 Å². The number of rotatable bonds is 3. The summed E-state index contributed by atoms with van der Waals surface area (Å²) in [7, 11) is 0. The number of ether oxygens (including phenoxy) is 1. The van der Waals surface area contributed by atoms with Crippen LogP contribution in [0.25, 0.3) is 0 Å². The Labute approximate surface area is 118 Å². The summed E-state index contributed by atoms with van der Waals surface area (Å²) in [6, 6.07) is 4.05. The Hall–Kier alpha value is -1.00. The molecule has 2 atom stereocenters. The fourth-order valence-corrected chi connectivity index (χ4v) is 3.28. The highest BCUT2D eigenvalue weighted by Gasteiger charge is 2.48. The second-order valence-electron chi connectivity index (χ2n) is 6.76. The summed E-state index contributed by atoms with van der Waals surface area (Å²) in [5.74, 6) is -1.86. The van der Waals surface area contributed by atoms with E-state index < -0.39 is 23.3 Å². The molecule has 0 aliphatic carbocycles. The lowest BCUT2D eigenvalue weighted by Gasteiger charge is -2.30. The van der Waals surface area contributed by atoms with Crippen molar-refractivity contribution >= 4 is 0 Å². The van der Waals surface area contributed by atoms with Gasteiger partial charge in [0.25, 0.3) is 0 Å². The molecule has 2 rings (SSSR count). The van der Waals surface area contributed by atoms with E-state index >= 15 is 0 Å². The lowest BCUT2D eigenvalue weighted by Crippen LogP contribution is -2.37. The van der Waals surface area contributed by atoms with E-state index in [2.05, 4.69) is 0 Å². The van der Waals surface area contributed by atoms with Gasteiger partial charge in [0.15, 0.2) is 11.6 Å². The van der Waals surface area contributed by atoms with E-state index in [-0.39, 0.29) is 23.5 Å². The summed E-state index contributed by atoms with van der Waals surface area (Å²) in [5, 5.41) is 10.4. The molecule has 1 aromatic carbocycles. The molecule has 1 heterocycles. The first-order chi connectivity index (χ1) is 9.12. The molecule has 20 heavy (non-hydrogen) atoms. The summed E-state index contributed by atoms with van der Waals surface area (Å²) in [6.45, 7) is 7.81. The molecule has 1 aliphatic heterocycles. The van der Waals surface area contributed by atoms with Gasteiger partial charge in [0.2, 0.25) is 0 Å². The highest BCUT2D eigenvalue weighted by atomic mass is 19.2. The quantitative estimate of drug-likeness (QED) is 0.921. The number of aliphatic hydroxyl groups is 1. The van der Waals surface area contributed by atoms with Crippen LogP contribution >= 0.6 is 0 Å². The Morgan fingerprint density at radius 1 is 1.30 bits per heavy atom. The van der Waals surface area contributed by atoms with Crippen LogP contribution < -0.4 is 0 Å². The molecule has 4 heteroatoms. The molecule has 0 radical (unpaired) electrons. The first-order valence-electron chi connectivity index (χ1n) is 6.93. The average molecular weight is 284 g/mol. The number of benzene rings is 1. The predicted molar refractivity (Wildman–Crippen MR) is 73.4 cm³/mol. The first kappa shape index (κ1) is 15.4. The van der Waals surface area contributed by atoms with E-state index in [4.69, 9.17) is 4.74 Å². The van der Waals surface area contributed by atoms with Gasteiger partial charge < -0.3 is 9.84 Å². The van der Waals surface area contributed by atoms with Crippen LogP contribution in [0, 0.1) is 17.6 Å². The first-order valence-corrected chi connectivity index (χ1v) is 6.93. The van der Waals surface area contributed by atoms with Gasteiger partial charge in [0.1, 0.15) is 0 Å². The van der Waals surface area contributed by atoms with Gasteiger partial charge in [-0.2, -0.15) is 0 Å². The molecule has 1 aromatic rings. The maximum atomic E-state index is 13.7. The molecule has 1 saturated heterocycles. The number of aliphatic hydroxyl groups excluding tert-OH is 1. The van der Waals surface area contributed by atoms with E-state index in [1.807, 2.05) is 27.7 Å². The van der Waals surface area contributed by atoms with E-state index in [1.54, 1.807) is 0 Å². The van der Waals surface area contributed by atoms with Crippen LogP contribution in [0.2, 0.25) is 0 Å². The van der Waals surface area contributed by atoms with Gasteiger partial charge in [0, 0.05) is 12.3 Å².